The molecule has 84 valence electrons. The zero-order chi connectivity index (χ0) is 11.7. The average Bonchev–Trinajstić information content (AvgIpc) is 2.74. The molecule has 0 saturated carbocycles. The van der Waals surface area contributed by atoms with Crippen LogP contribution in [-0.2, 0) is 6.42 Å². The minimum absolute atomic E-state index is 0.873. The molecule has 0 saturated heterocycles. The number of amidine groups is 1. The van der Waals surface area contributed by atoms with Crippen LogP contribution in [0.15, 0.2) is 58.0 Å². The quantitative estimate of drug-likeness (QED) is 0.837. The van der Waals surface area contributed by atoms with Gasteiger partial charge in [-0.15, -0.1) is 0 Å². The maximum atomic E-state index is 4.57. The lowest BCUT2D eigenvalue weighted by molar-refractivity contribution is 1.38. The smallest absolute Gasteiger partial charge is 0.111 e. The van der Waals surface area contributed by atoms with Crippen LogP contribution in [0, 0.1) is 0 Å². The van der Waals surface area contributed by atoms with Crippen LogP contribution in [0.2, 0.25) is 0 Å². The maximum Gasteiger partial charge on any atom is 0.111 e. The summed E-state index contributed by atoms with van der Waals surface area (Å²) in [6.07, 6.45) is 0.873. The van der Waals surface area contributed by atoms with E-state index in [-0.39, 0.29) is 0 Å². The van der Waals surface area contributed by atoms with Gasteiger partial charge in [-0.05, 0) is 39.7 Å². The van der Waals surface area contributed by atoms with Gasteiger partial charge in [-0.25, -0.2) is 4.99 Å². The summed E-state index contributed by atoms with van der Waals surface area (Å²) < 4.78 is 1.05. The molecule has 0 aromatic heterocycles. The number of para-hydroxylation sites is 2. The van der Waals surface area contributed by atoms with Crippen LogP contribution in [0.4, 0.5) is 11.4 Å². The van der Waals surface area contributed by atoms with E-state index >= 15 is 0 Å². The molecule has 0 amide bonds. The second-order valence-electron chi connectivity index (χ2n) is 3.97. The molecule has 1 aliphatic heterocycles. The number of hydrogen-bond acceptors (Lipinski definition) is 2. The van der Waals surface area contributed by atoms with Crippen LogP contribution in [0.5, 0.6) is 0 Å². The Morgan fingerprint density at radius 1 is 1.00 bits per heavy atom. The summed E-state index contributed by atoms with van der Waals surface area (Å²) in [5.41, 5.74) is 3.41. The number of benzene rings is 2. The van der Waals surface area contributed by atoms with Crippen LogP contribution < -0.4 is 5.32 Å². The normalized spacial score (nSPS) is 13.1. The van der Waals surface area contributed by atoms with Crippen molar-refractivity contribution in [2.45, 2.75) is 6.42 Å². The summed E-state index contributed by atoms with van der Waals surface area (Å²) in [6.45, 7) is 0. The number of nitrogens with zero attached hydrogens (tertiary/aromatic N) is 1. The molecule has 0 spiro atoms. The SMILES string of the molecule is Brc1ccccc1NC1=Nc2ccccc2C1. The summed E-state index contributed by atoms with van der Waals surface area (Å²) in [5.74, 6) is 0.998. The maximum absolute atomic E-state index is 4.57. The van der Waals surface area contributed by atoms with E-state index in [0.29, 0.717) is 0 Å². The molecule has 0 bridgehead atoms. The number of aliphatic imine (C=N–C) groups is 1. The lowest BCUT2D eigenvalue weighted by atomic mass is 10.1. The van der Waals surface area contributed by atoms with E-state index < -0.39 is 0 Å². The molecule has 3 rings (SSSR count). The van der Waals surface area contributed by atoms with Crippen LogP contribution in [0.25, 0.3) is 0 Å². The molecule has 17 heavy (non-hydrogen) atoms. The summed E-state index contributed by atoms with van der Waals surface area (Å²) >= 11 is 3.52. The first kappa shape index (κ1) is 10.5. The van der Waals surface area contributed by atoms with E-state index in [0.717, 1.165) is 28.1 Å². The zero-order valence-corrected chi connectivity index (χ0v) is 10.7. The Balaban J connectivity index is 1.84. The number of halogens is 1. The second-order valence-corrected chi connectivity index (χ2v) is 4.82. The number of anilines is 1. The molecule has 0 radical (unpaired) electrons. The van der Waals surface area contributed by atoms with Gasteiger partial charge in [-0.1, -0.05) is 30.3 Å². The van der Waals surface area contributed by atoms with Gasteiger partial charge in [0, 0.05) is 10.9 Å². The Labute approximate surface area is 109 Å². The van der Waals surface area contributed by atoms with E-state index in [1.54, 1.807) is 0 Å². The lowest BCUT2D eigenvalue weighted by Crippen LogP contribution is -2.11. The Morgan fingerprint density at radius 3 is 2.59 bits per heavy atom. The fraction of sp³-hybridized carbons (Fsp3) is 0.0714. The van der Waals surface area contributed by atoms with E-state index in [4.69, 9.17) is 0 Å². The van der Waals surface area contributed by atoms with Crippen LogP contribution in [0.1, 0.15) is 5.56 Å². The highest BCUT2D eigenvalue weighted by Gasteiger charge is 2.14. The van der Waals surface area contributed by atoms with Crippen LogP contribution in [0.3, 0.4) is 0 Å². The fourth-order valence-corrected chi connectivity index (χ4v) is 2.31. The third-order valence-electron chi connectivity index (χ3n) is 2.76. The van der Waals surface area contributed by atoms with E-state index in [2.05, 4.69) is 38.4 Å². The van der Waals surface area contributed by atoms with Gasteiger partial charge in [0.15, 0.2) is 0 Å². The molecule has 0 unspecified atom stereocenters. The van der Waals surface area contributed by atoms with E-state index in [1.807, 2.05) is 36.4 Å². The molecule has 0 aliphatic carbocycles. The van der Waals surface area contributed by atoms with Crippen molar-refractivity contribution in [1.29, 1.82) is 0 Å². The topological polar surface area (TPSA) is 24.4 Å². The number of fused-ring (bicyclic) bond motifs is 1. The van der Waals surface area contributed by atoms with Crippen molar-refractivity contribution in [2.24, 2.45) is 4.99 Å². The van der Waals surface area contributed by atoms with Crippen molar-refractivity contribution in [1.82, 2.24) is 0 Å². The fourth-order valence-electron chi connectivity index (χ4n) is 1.92. The van der Waals surface area contributed by atoms with Gasteiger partial charge < -0.3 is 5.32 Å². The van der Waals surface area contributed by atoms with Crippen molar-refractivity contribution in [3.63, 3.8) is 0 Å². The first-order chi connectivity index (χ1) is 8.33. The summed E-state index contributed by atoms with van der Waals surface area (Å²) in [5, 5.41) is 3.36. The highest BCUT2D eigenvalue weighted by atomic mass is 79.9. The van der Waals surface area contributed by atoms with Gasteiger partial charge in [0.25, 0.3) is 0 Å². The molecule has 1 aliphatic rings. The standard InChI is InChI=1S/C14H11BrN2/c15-11-6-2-4-8-13(11)17-14-9-10-5-1-3-7-12(10)16-14/h1-8H,9H2,(H,16,17). The molecular weight excluding hydrogens is 276 g/mol. The monoisotopic (exact) mass is 286 g/mol. The molecule has 0 atom stereocenters. The van der Waals surface area contributed by atoms with Gasteiger partial charge >= 0.3 is 0 Å². The van der Waals surface area contributed by atoms with Gasteiger partial charge in [0.2, 0.25) is 0 Å². The summed E-state index contributed by atoms with van der Waals surface area (Å²) in [4.78, 5) is 4.57. The number of hydrogen-bond donors (Lipinski definition) is 1. The van der Waals surface area contributed by atoms with E-state index in [9.17, 15) is 0 Å². The van der Waals surface area contributed by atoms with Crippen molar-refractivity contribution < 1.29 is 0 Å². The highest BCUT2D eigenvalue weighted by molar-refractivity contribution is 9.10. The van der Waals surface area contributed by atoms with Crippen LogP contribution in [-0.4, -0.2) is 5.84 Å². The summed E-state index contributed by atoms with van der Waals surface area (Å²) in [7, 11) is 0. The lowest BCUT2D eigenvalue weighted by Gasteiger charge is -2.07. The highest BCUT2D eigenvalue weighted by Crippen LogP contribution is 2.28. The minimum Gasteiger partial charge on any atom is -0.343 e. The Bertz CT molecular complexity index is 590. The molecular formula is C14H11BrN2. The zero-order valence-electron chi connectivity index (χ0n) is 9.15. The Kier molecular flexibility index (Phi) is 2.69. The van der Waals surface area contributed by atoms with Gasteiger partial charge in [0.05, 0.1) is 11.4 Å². The molecule has 1 N–H and O–H groups in total. The molecule has 2 aromatic carbocycles. The summed E-state index contributed by atoms with van der Waals surface area (Å²) in [6, 6.07) is 16.3. The molecule has 3 heteroatoms. The minimum atomic E-state index is 0.873. The third kappa shape index (κ3) is 2.11. The van der Waals surface area contributed by atoms with Crippen LogP contribution >= 0.6 is 15.9 Å². The predicted octanol–water partition coefficient (Wildman–Crippen LogP) is 4.15. The van der Waals surface area contributed by atoms with Crippen molar-refractivity contribution >= 4 is 33.1 Å². The third-order valence-corrected chi connectivity index (χ3v) is 3.45. The van der Waals surface area contributed by atoms with Gasteiger partial charge in [-0.2, -0.15) is 0 Å². The van der Waals surface area contributed by atoms with Gasteiger partial charge in [0.1, 0.15) is 5.84 Å². The second kappa shape index (κ2) is 4.34. The first-order valence-electron chi connectivity index (χ1n) is 5.50. The van der Waals surface area contributed by atoms with Gasteiger partial charge in [-0.3, -0.25) is 0 Å². The predicted molar refractivity (Wildman–Crippen MR) is 75.0 cm³/mol. The molecule has 1 heterocycles. The van der Waals surface area contributed by atoms with E-state index in [1.165, 1.54) is 5.56 Å². The Morgan fingerprint density at radius 2 is 1.76 bits per heavy atom. The molecule has 0 fully saturated rings. The first-order valence-corrected chi connectivity index (χ1v) is 6.29. The van der Waals surface area contributed by atoms with Crippen molar-refractivity contribution in [3.8, 4) is 0 Å². The largest absolute Gasteiger partial charge is 0.343 e. The van der Waals surface area contributed by atoms with Crippen molar-refractivity contribution in [3.05, 3.63) is 58.6 Å². The number of rotatable bonds is 1. The molecule has 2 aromatic rings. The number of nitrogens with one attached hydrogen (secondary N) is 1. The average molecular weight is 287 g/mol. The Hall–Kier alpha value is -1.61. The van der Waals surface area contributed by atoms with Crippen molar-refractivity contribution in [2.75, 3.05) is 5.32 Å². The molecule has 2 nitrogen and oxygen atoms in total.